The molecule has 1 atom stereocenters. The van der Waals surface area contributed by atoms with Gasteiger partial charge in [0.1, 0.15) is 0 Å². The van der Waals surface area contributed by atoms with Crippen LogP contribution in [0.5, 0.6) is 0 Å². The summed E-state index contributed by atoms with van der Waals surface area (Å²) in [4.78, 5) is 0. The molecule has 0 amide bonds. The Morgan fingerprint density at radius 1 is 0.800 bits per heavy atom. The van der Waals surface area contributed by atoms with E-state index in [4.69, 9.17) is 0 Å². The van der Waals surface area contributed by atoms with E-state index >= 15 is 0 Å². The predicted molar refractivity (Wildman–Crippen MR) is 89.0 cm³/mol. The van der Waals surface area contributed by atoms with Crippen LogP contribution in [0.15, 0.2) is 71.2 Å². The van der Waals surface area contributed by atoms with Crippen molar-refractivity contribution in [3.05, 3.63) is 82.3 Å². The predicted octanol–water partition coefficient (Wildman–Crippen LogP) is 4.91. The maximum Gasteiger partial charge on any atom is 0.0591 e. The van der Waals surface area contributed by atoms with E-state index in [-0.39, 0.29) is 6.04 Å². The summed E-state index contributed by atoms with van der Waals surface area (Å²) >= 11 is 3.66. The Hall–Kier alpha value is -1.64. The Morgan fingerprint density at radius 3 is 2.25 bits per heavy atom. The number of nitrogens with one attached hydrogen (secondary N) is 1. The van der Waals surface area contributed by atoms with Crippen molar-refractivity contribution >= 4 is 26.7 Å². The van der Waals surface area contributed by atoms with Gasteiger partial charge in [-0.25, -0.2) is 0 Å². The summed E-state index contributed by atoms with van der Waals surface area (Å²) in [6.45, 7) is 0. The van der Waals surface area contributed by atoms with Gasteiger partial charge in [-0.05, 0) is 35.0 Å². The molecule has 3 rings (SSSR count). The summed E-state index contributed by atoms with van der Waals surface area (Å²) < 4.78 is 1.13. The first kappa shape index (κ1) is 13.3. The fourth-order valence-electron chi connectivity index (χ4n) is 2.69. The van der Waals surface area contributed by atoms with Crippen LogP contribution in [0.4, 0.5) is 0 Å². The molecule has 2 heteroatoms. The molecule has 0 radical (unpaired) electrons. The smallest absolute Gasteiger partial charge is 0.0591 e. The molecule has 0 aromatic heterocycles. The number of benzene rings is 3. The molecule has 0 heterocycles. The van der Waals surface area contributed by atoms with Gasteiger partial charge in [-0.3, -0.25) is 0 Å². The zero-order chi connectivity index (χ0) is 13.9. The van der Waals surface area contributed by atoms with E-state index in [0.29, 0.717) is 0 Å². The SMILES string of the molecule is CNC(c1ccccc1Br)c1cccc2ccccc12. The molecule has 1 unspecified atom stereocenters. The molecule has 1 nitrogen and oxygen atoms in total. The quantitative estimate of drug-likeness (QED) is 0.721. The fraction of sp³-hybridized carbons (Fsp3) is 0.111. The Bertz CT molecular complexity index is 731. The Kier molecular flexibility index (Phi) is 3.86. The number of fused-ring (bicyclic) bond motifs is 1. The van der Waals surface area contributed by atoms with Gasteiger partial charge in [-0.2, -0.15) is 0 Å². The summed E-state index contributed by atoms with van der Waals surface area (Å²) in [7, 11) is 2.01. The fourth-order valence-corrected chi connectivity index (χ4v) is 3.20. The van der Waals surface area contributed by atoms with Crippen LogP contribution in [0.1, 0.15) is 17.2 Å². The maximum absolute atomic E-state index is 3.66. The van der Waals surface area contributed by atoms with Gasteiger partial charge in [0, 0.05) is 4.47 Å². The molecule has 1 N–H and O–H groups in total. The first-order chi connectivity index (χ1) is 9.81. The van der Waals surface area contributed by atoms with Gasteiger partial charge in [0.2, 0.25) is 0 Å². The molecule has 0 fully saturated rings. The van der Waals surface area contributed by atoms with Crippen LogP contribution < -0.4 is 5.32 Å². The minimum Gasteiger partial charge on any atom is -0.309 e. The summed E-state index contributed by atoms with van der Waals surface area (Å²) in [6, 6.07) is 23.6. The summed E-state index contributed by atoms with van der Waals surface area (Å²) in [6.07, 6.45) is 0. The molecule has 0 aliphatic heterocycles. The van der Waals surface area contributed by atoms with E-state index in [1.807, 2.05) is 13.1 Å². The molecular formula is C18H16BrN. The minimum absolute atomic E-state index is 0.177. The van der Waals surface area contributed by atoms with E-state index in [1.54, 1.807) is 0 Å². The van der Waals surface area contributed by atoms with Crippen molar-refractivity contribution < 1.29 is 0 Å². The van der Waals surface area contributed by atoms with Gasteiger partial charge < -0.3 is 5.32 Å². The van der Waals surface area contributed by atoms with Gasteiger partial charge in [0.15, 0.2) is 0 Å². The van der Waals surface area contributed by atoms with Crippen molar-refractivity contribution in [1.82, 2.24) is 5.32 Å². The number of rotatable bonds is 3. The van der Waals surface area contributed by atoms with Crippen LogP contribution >= 0.6 is 15.9 Å². The van der Waals surface area contributed by atoms with Crippen molar-refractivity contribution in [2.45, 2.75) is 6.04 Å². The molecule has 20 heavy (non-hydrogen) atoms. The second-order valence-corrected chi connectivity index (χ2v) is 5.67. The summed E-state index contributed by atoms with van der Waals surface area (Å²) in [5, 5.41) is 6.01. The highest BCUT2D eigenvalue weighted by Crippen LogP contribution is 2.32. The van der Waals surface area contributed by atoms with Crippen molar-refractivity contribution in [2.75, 3.05) is 7.05 Å². The lowest BCUT2D eigenvalue weighted by molar-refractivity contribution is 0.694. The lowest BCUT2D eigenvalue weighted by atomic mass is 9.94. The van der Waals surface area contributed by atoms with Gasteiger partial charge in [-0.15, -0.1) is 0 Å². The lowest BCUT2D eigenvalue weighted by Crippen LogP contribution is -2.18. The third kappa shape index (κ3) is 2.37. The average Bonchev–Trinajstić information content (AvgIpc) is 2.50. The number of hydrogen-bond acceptors (Lipinski definition) is 1. The van der Waals surface area contributed by atoms with Gasteiger partial charge in [0.25, 0.3) is 0 Å². The van der Waals surface area contributed by atoms with E-state index in [0.717, 1.165) is 4.47 Å². The van der Waals surface area contributed by atoms with Crippen molar-refractivity contribution in [3.63, 3.8) is 0 Å². The van der Waals surface area contributed by atoms with Gasteiger partial charge in [0.05, 0.1) is 6.04 Å². The molecule has 0 aliphatic rings. The first-order valence-electron chi connectivity index (χ1n) is 6.70. The molecule has 0 saturated carbocycles. The highest BCUT2D eigenvalue weighted by molar-refractivity contribution is 9.10. The number of halogens is 1. The third-order valence-corrected chi connectivity index (χ3v) is 4.36. The van der Waals surface area contributed by atoms with Gasteiger partial charge >= 0.3 is 0 Å². The second kappa shape index (κ2) is 5.78. The van der Waals surface area contributed by atoms with E-state index in [2.05, 4.69) is 81.9 Å². The van der Waals surface area contributed by atoms with Crippen LogP contribution in [0.3, 0.4) is 0 Å². The lowest BCUT2D eigenvalue weighted by Gasteiger charge is -2.20. The van der Waals surface area contributed by atoms with Crippen LogP contribution in [-0.4, -0.2) is 7.05 Å². The Balaban J connectivity index is 2.20. The van der Waals surface area contributed by atoms with Crippen LogP contribution in [0, 0.1) is 0 Å². The summed E-state index contributed by atoms with van der Waals surface area (Å²) in [5.74, 6) is 0. The molecule has 0 aliphatic carbocycles. The molecular weight excluding hydrogens is 310 g/mol. The topological polar surface area (TPSA) is 12.0 Å². The molecule has 3 aromatic carbocycles. The van der Waals surface area contributed by atoms with E-state index in [1.165, 1.54) is 21.9 Å². The molecule has 0 spiro atoms. The first-order valence-corrected chi connectivity index (χ1v) is 7.50. The highest BCUT2D eigenvalue weighted by Gasteiger charge is 2.16. The normalized spacial score (nSPS) is 12.5. The van der Waals surface area contributed by atoms with Crippen molar-refractivity contribution in [1.29, 1.82) is 0 Å². The van der Waals surface area contributed by atoms with Crippen molar-refractivity contribution in [3.8, 4) is 0 Å². The third-order valence-electron chi connectivity index (χ3n) is 3.64. The average molecular weight is 326 g/mol. The summed E-state index contributed by atoms with van der Waals surface area (Å²) in [5.41, 5.74) is 2.56. The van der Waals surface area contributed by atoms with E-state index < -0.39 is 0 Å². The minimum atomic E-state index is 0.177. The molecule has 100 valence electrons. The van der Waals surface area contributed by atoms with Crippen LogP contribution in [0.25, 0.3) is 10.8 Å². The van der Waals surface area contributed by atoms with Crippen LogP contribution in [0.2, 0.25) is 0 Å². The number of hydrogen-bond donors (Lipinski definition) is 1. The second-order valence-electron chi connectivity index (χ2n) is 4.81. The molecule has 0 bridgehead atoms. The van der Waals surface area contributed by atoms with Crippen molar-refractivity contribution in [2.24, 2.45) is 0 Å². The standard InChI is InChI=1S/C18H16BrN/c1-20-18(16-10-4-5-12-17(16)19)15-11-6-8-13-7-2-3-9-14(13)15/h2-12,18,20H,1H3. The Labute approximate surface area is 127 Å². The van der Waals surface area contributed by atoms with E-state index in [9.17, 15) is 0 Å². The largest absolute Gasteiger partial charge is 0.309 e. The maximum atomic E-state index is 3.66. The molecule has 0 saturated heterocycles. The zero-order valence-electron chi connectivity index (χ0n) is 11.3. The monoisotopic (exact) mass is 325 g/mol. The highest BCUT2D eigenvalue weighted by atomic mass is 79.9. The Morgan fingerprint density at radius 2 is 1.45 bits per heavy atom. The zero-order valence-corrected chi connectivity index (χ0v) is 12.9. The van der Waals surface area contributed by atoms with Crippen LogP contribution in [-0.2, 0) is 0 Å². The molecule has 3 aromatic rings. The van der Waals surface area contributed by atoms with Gasteiger partial charge in [-0.1, -0.05) is 76.6 Å².